The maximum atomic E-state index is 9.42. The first kappa shape index (κ1) is 11.8. The summed E-state index contributed by atoms with van der Waals surface area (Å²) in [6.07, 6.45) is -5.40. The molecule has 0 aromatic carbocycles. The number of aliphatic hydroxyl groups is 5. The van der Waals surface area contributed by atoms with Crippen molar-refractivity contribution in [1.82, 2.24) is 0 Å². The largest absolute Gasteiger partial charge is 0.396 e. The van der Waals surface area contributed by atoms with Gasteiger partial charge in [-0.3, -0.25) is 0 Å². The molecular weight excluding hydrogens is 192 g/mol. The minimum Gasteiger partial charge on any atom is -0.396 e. The molecule has 1 fully saturated rings. The molecule has 0 bridgehead atoms. The van der Waals surface area contributed by atoms with E-state index in [9.17, 15) is 15.3 Å². The molecule has 14 heavy (non-hydrogen) atoms. The van der Waals surface area contributed by atoms with Crippen molar-refractivity contribution >= 4 is 0 Å². The summed E-state index contributed by atoms with van der Waals surface area (Å²) in [5.74, 6) is 0. The Bertz CT molecular complexity index is 171. The van der Waals surface area contributed by atoms with Crippen LogP contribution >= 0.6 is 0 Å². The summed E-state index contributed by atoms with van der Waals surface area (Å²) >= 11 is 0. The molecule has 1 saturated heterocycles. The summed E-state index contributed by atoms with van der Waals surface area (Å²) in [6.45, 7) is -0.629. The van der Waals surface area contributed by atoms with Gasteiger partial charge in [0.05, 0.1) is 12.7 Å². The molecule has 0 aromatic heterocycles. The molecule has 5 unspecified atom stereocenters. The fourth-order valence-electron chi connectivity index (χ4n) is 1.54. The molecule has 0 saturated carbocycles. The van der Waals surface area contributed by atoms with Gasteiger partial charge in [-0.05, 0) is 6.42 Å². The van der Waals surface area contributed by atoms with Crippen LogP contribution in [0.25, 0.3) is 0 Å². The summed E-state index contributed by atoms with van der Waals surface area (Å²) < 4.78 is 5.10. The monoisotopic (exact) mass is 208 g/mol. The SMILES string of the molecule is OCCC1OC(CO)C(O)C(O)C1O. The molecule has 6 heteroatoms. The van der Waals surface area contributed by atoms with Crippen molar-refractivity contribution in [3.8, 4) is 0 Å². The van der Waals surface area contributed by atoms with Gasteiger partial charge in [0, 0.05) is 6.61 Å². The van der Waals surface area contributed by atoms with E-state index < -0.39 is 37.1 Å². The second-order valence-electron chi connectivity index (χ2n) is 3.38. The third kappa shape index (κ3) is 2.22. The molecule has 1 heterocycles. The van der Waals surface area contributed by atoms with Crippen LogP contribution in [-0.4, -0.2) is 69.3 Å². The molecule has 0 radical (unpaired) electrons. The van der Waals surface area contributed by atoms with E-state index in [-0.39, 0.29) is 13.0 Å². The first-order chi connectivity index (χ1) is 6.61. The van der Waals surface area contributed by atoms with Gasteiger partial charge < -0.3 is 30.3 Å². The van der Waals surface area contributed by atoms with Crippen molar-refractivity contribution < 1.29 is 30.3 Å². The number of aliphatic hydroxyl groups excluding tert-OH is 5. The van der Waals surface area contributed by atoms with Gasteiger partial charge in [0.1, 0.15) is 24.4 Å². The maximum Gasteiger partial charge on any atom is 0.111 e. The third-order valence-corrected chi connectivity index (χ3v) is 2.40. The van der Waals surface area contributed by atoms with Crippen molar-refractivity contribution in [3.63, 3.8) is 0 Å². The standard InChI is InChI=1S/C8H16O6/c9-2-1-4-6(11)8(13)7(12)5(3-10)14-4/h4-13H,1-3H2. The van der Waals surface area contributed by atoms with Gasteiger partial charge in [-0.25, -0.2) is 0 Å². The van der Waals surface area contributed by atoms with Crippen LogP contribution in [0.2, 0.25) is 0 Å². The van der Waals surface area contributed by atoms with E-state index >= 15 is 0 Å². The van der Waals surface area contributed by atoms with Crippen LogP contribution in [0.15, 0.2) is 0 Å². The molecule has 1 rings (SSSR count). The van der Waals surface area contributed by atoms with E-state index in [2.05, 4.69) is 0 Å². The Kier molecular flexibility index (Phi) is 4.24. The van der Waals surface area contributed by atoms with Gasteiger partial charge in [-0.1, -0.05) is 0 Å². The topological polar surface area (TPSA) is 110 Å². The lowest BCUT2D eigenvalue weighted by Crippen LogP contribution is -2.58. The third-order valence-electron chi connectivity index (χ3n) is 2.40. The second kappa shape index (κ2) is 5.01. The van der Waals surface area contributed by atoms with Crippen LogP contribution < -0.4 is 0 Å². The molecule has 0 aromatic rings. The molecule has 84 valence electrons. The summed E-state index contributed by atoms with van der Waals surface area (Å²) in [6, 6.07) is 0. The van der Waals surface area contributed by atoms with E-state index in [1.807, 2.05) is 0 Å². The zero-order valence-electron chi connectivity index (χ0n) is 7.65. The molecule has 0 amide bonds. The van der Waals surface area contributed by atoms with Gasteiger partial charge in [0.25, 0.3) is 0 Å². The smallest absolute Gasteiger partial charge is 0.111 e. The summed E-state index contributed by atoms with van der Waals surface area (Å²) in [7, 11) is 0. The zero-order valence-corrected chi connectivity index (χ0v) is 7.65. The van der Waals surface area contributed by atoms with Crippen molar-refractivity contribution in [2.75, 3.05) is 13.2 Å². The molecular formula is C8H16O6. The van der Waals surface area contributed by atoms with Gasteiger partial charge in [0.15, 0.2) is 0 Å². The van der Waals surface area contributed by atoms with Crippen LogP contribution in [0.4, 0.5) is 0 Å². The predicted octanol–water partition coefficient (Wildman–Crippen LogP) is -2.79. The molecule has 5 atom stereocenters. The normalized spacial score (nSPS) is 43.9. The van der Waals surface area contributed by atoms with Crippen LogP contribution in [0.5, 0.6) is 0 Å². The Morgan fingerprint density at radius 3 is 1.93 bits per heavy atom. The summed E-state index contributed by atoms with van der Waals surface area (Å²) in [5, 5.41) is 45.6. The van der Waals surface area contributed by atoms with E-state index in [0.29, 0.717) is 0 Å². The van der Waals surface area contributed by atoms with E-state index in [1.165, 1.54) is 0 Å². The Labute approximate surface area is 81.4 Å². The van der Waals surface area contributed by atoms with Gasteiger partial charge in [-0.15, -0.1) is 0 Å². The Morgan fingerprint density at radius 1 is 0.857 bits per heavy atom. The second-order valence-corrected chi connectivity index (χ2v) is 3.38. The van der Waals surface area contributed by atoms with E-state index in [1.54, 1.807) is 0 Å². The van der Waals surface area contributed by atoms with Crippen LogP contribution in [0.1, 0.15) is 6.42 Å². The molecule has 0 aliphatic carbocycles. The Hall–Kier alpha value is -0.240. The Morgan fingerprint density at radius 2 is 1.43 bits per heavy atom. The fraction of sp³-hybridized carbons (Fsp3) is 1.00. The minimum atomic E-state index is -1.35. The highest BCUT2D eigenvalue weighted by Gasteiger charge is 2.42. The van der Waals surface area contributed by atoms with Crippen LogP contribution in [0, 0.1) is 0 Å². The highest BCUT2D eigenvalue weighted by molar-refractivity contribution is 4.91. The zero-order chi connectivity index (χ0) is 10.7. The fourth-order valence-corrected chi connectivity index (χ4v) is 1.54. The van der Waals surface area contributed by atoms with Crippen molar-refractivity contribution in [3.05, 3.63) is 0 Å². The van der Waals surface area contributed by atoms with E-state index in [4.69, 9.17) is 14.9 Å². The lowest BCUT2D eigenvalue weighted by molar-refractivity contribution is -0.231. The van der Waals surface area contributed by atoms with Crippen molar-refractivity contribution in [1.29, 1.82) is 0 Å². The van der Waals surface area contributed by atoms with Crippen LogP contribution in [-0.2, 0) is 4.74 Å². The number of hydrogen-bond donors (Lipinski definition) is 5. The number of rotatable bonds is 3. The lowest BCUT2D eigenvalue weighted by Gasteiger charge is -2.39. The average molecular weight is 208 g/mol. The van der Waals surface area contributed by atoms with Gasteiger partial charge >= 0.3 is 0 Å². The summed E-state index contributed by atoms with van der Waals surface area (Å²) in [4.78, 5) is 0. The molecule has 6 nitrogen and oxygen atoms in total. The Balaban J connectivity index is 2.63. The average Bonchev–Trinajstić information content (AvgIpc) is 2.19. The van der Waals surface area contributed by atoms with Gasteiger partial charge in [-0.2, -0.15) is 0 Å². The predicted molar refractivity (Wildman–Crippen MR) is 45.5 cm³/mol. The summed E-state index contributed by atoms with van der Waals surface area (Å²) in [5.41, 5.74) is 0. The van der Waals surface area contributed by atoms with Gasteiger partial charge in [0.2, 0.25) is 0 Å². The van der Waals surface area contributed by atoms with Crippen molar-refractivity contribution in [2.45, 2.75) is 36.9 Å². The molecule has 1 aliphatic rings. The molecule has 1 aliphatic heterocycles. The number of hydrogen-bond acceptors (Lipinski definition) is 6. The first-order valence-corrected chi connectivity index (χ1v) is 4.53. The van der Waals surface area contributed by atoms with Crippen molar-refractivity contribution in [2.24, 2.45) is 0 Å². The molecule has 0 spiro atoms. The highest BCUT2D eigenvalue weighted by Crippen LogP contribution is 2.22. The molecule has 5 N–H and O–H groups in total. The van der Waals surface area contributed by atoms with Crippen LogP contribution in [0.3, 0.4) is 0 Å². The quantitative estimate of drug-likeness (QED) is 0.343. The number of ether oxygens (including phenoxy) is 1. The highest BCUT2D eigenvalue weighted by atomic mass is 16.5. The van der Waals surface area contributed by atoms with E-state index in [0.717, 1.165) is 0 Å². The minimum absolute atomic E-state index is 0.154. The lowest BCUT2D eigenvalue weighted by atomic mass is 9.94. The first-order valence-electron chi connectivity index (χ1n) is 4.53. The maximum absolute atomic E-state index is 9.42.